The Bertz CT molecular complexity index is 780. The van der Waals surface area contributed by atoms with E-state index in [2.05, 4.69) is 44.6 Å². The summed E-state index contributed by atoms with van der Waals surface area (Å²) in [5.74, 6) is 2.20. The zero-order chi connectivity index (χ0) is 20.6. The van der Waals surface area contributed by atoms with Crippen molar-refractivity contribution in [3.05, 3.63) is 52.2 Å². The van der Waals surface area contributed by atoms with Gasteiger partial charge >= 0.3 is 0 Å². The van der Waals surface area contributed by atoms with Crippen molar-refractivity contribution in [3.8, 4) is 0 Å². The number of hydrogen-bond acceptors (Lipinski definition) is 5. The number of halogens is 1. The first-order valence-corrected chi connectivity index (χ1v) is 10.5. The van der Waals surface area contributed by atoms with Crippen LogP contribution in [0.5, 0.6) is 0 Å². The minimum absolute atomic E-state index is 0.200. The van der Waals surface area contributed by atoms with Crippen molar-refractivity contribution in [3.63, 3.8) is 0 Å². The van der Waals surface area contributed by atoms with Gasteiger partial charge in [0.1, 0.15) is 12.3 Å². The molecule has 0 aliphatic carbocycles. The molecule has 1 atom stereocenters. The van der Waals surface area contributed by atoms with E-state index in [1.807, 2.05) is 26.0 Å². The Morgan fingerprint density at radius 3 is 2.55 bits per heavy atom. The van der Waals surface area contributed by atoms with Gasteiger partial charge in [0.05, 0.1) is 24.9 Å². The van der Waals surface area contributed by atoms with Gasteiger partial charge in [-0.3, -0.25) is 4.90 Å². The van der Waals surface area contributed by atoms with Crippen LogP contribution >= 0.6 is 11.6 Å². The highest BCUT2D eigenvalue weighted by Gasteiger charge is 2.23. The Morgan fingerprint density at radius 2 is 1.93 bits per heavy atom. The fraction of sp³-hybridized carbons (Fsp3) is 0.524. The van der Waals surface area contributed by atoms with Crippen LogP contribution < -0.4 is 10.6 Å². The molecule has 1 aromatic carbocycles. The van der Waals surface area contributed by atoms with Gasteiger partial charge in [-0.1, -0.05) is 23.7 Å². The van der Waals surface area contributed by atoms with Crippen LogP contribution in [0.3, 0.4) is 0 Å². The first-order chi connectivity index (χ1) is 14.1. The molecule has 0 radical (unpaired) electrons. The minimum Gasteiger partial charge on any atom is -0.444 e. The Morgan fingerprint density at radius 1 is 1.21 bits per heavy atom. The van der Waals surface area contributed by atoms with Crippen LogP contribution in [-0.2, 0) is 11.3 Å². The molecule has 0 amide bonds. The van der Waals surface area contributed by atoms with Gasteiger partial charge in [-0.25, -0.2) is 9.98 Å². The number of hydrogen-bond donors (Lipinski definition) is 2. The largest absolute Gasteiger partial charge is 0.444 e. The predicted molar refractivity (Wildman–Crippen MR) is 115 cm³/mol. The van der Waals surface area contributed by atoms with Crippen LogP contribution in [0.1, 0.15) is 35.9 Å². The third-order valence-electron chi connectivity index (χ3n) is 4.99. The molecular formula is C21H30ClN5O2. The highest BCUT2D eigenvalue weighted by Crippen LogP contribution is 2.23. The van der Waals surface area contributed by atoms with Crippen molar-refractivity contribution in [1.82, 2.24) is 20.5 Å². The normalized spacial score (nSPS) is 16.6. The zero-order valence-corrected chi connectivity index (χ0v) is 18.1. The smallest absolute Gasteiger partial charge is 0.216 e. The SMILES string of the molecule is CCNC(=NCc1nc(C)c(C)o1)NCC(c1ccc(Cl)cc1)N1CCOCC1. The molecule has 1 unspecified atom stereocenters. The van der Waals surface area contributed by atoms with Gasteiger partial charge in [-0.2, -0.15) is 0 Å². The minimum atomic E-state index is 0.200. The molecule has 1 saturated heterocycles. The number of guanidine groups is 1. The summed E-state index contributed by atoms with van der Waals surface area (Å²) in [5.41, 5.74) is 2.13. The summed E-state index contributed by atoms with van der Waals surface area (Å²) in [6.45, 7) is 11.1. The van der Waals surface area contributed by atoms with Crippen molar-refractivity contribution in [2.75, 3.05) is 39.4 Å². The van der Waals surface area contributed by atoms with E-state index < -0.39 is 0 Å². The summed E-state index contributed by atoms with van der Waals surface area (Å²) in [7, 11) is 0. The maximum atomic E-state index is 6.09. The number of nitrogens with one attached hydrogen (secondary N) is 2. The molecule has 8 heteroatoms. The number of oxazole rings is 1. The highest BCUT2D eigenvalue weighted by molar-refractivity contribution is 6.30. The second-order valence-corrected chi connectivity index (χ2v) is 7.48. The third-order valence-corrected chi connectivity index (χ3v) is 5.25. The van der Waals surface area contributed by atoms with E-state index in [4.69, 9.17) is 20.8 Å². The van der Waals surface area contributed by atoms with Crippen molar-refractivity contribution < 1.29 is 9.15 Å². The van der Waals surface area contributed by atoms with Crippen LogP contribution in [-0.4, -0.2) is 55.2 Å². The molecule has 3 rings (SSSR count). The topological polar surface area (TPSA) is 74.9 Å². The van der Waals surface area contributed by atoms with Crippen LogP contribution in [0.15, 0.2) is 33.7 Å². The molecule has 29 heavy (non-hydrogen) atoms. The van der Waals surface area contributed by atoms with Gasteiger partial charge < -0.3 is 19.8 Å². The number of aromatic nitrogens is 1. The van der Waals surface area contributed by atoms with Gasteiger partial charge in [0.2, 0.25) is 5.89 Å². The van der Waals surface area contributed by atoms with Gasteiger partial charge in [-0.05, 0) is 38.5 Å². The number of morpholine rings is 1. The summed E-state index contributed by atoms with van der Waals surface area (Å²) < 4.78 is 11.2. The summed E-state index contributed by atoms with van der Waals surface area (Å²) in [6, 6.07) is 8.26. The lowest BCUT2D eigenvalue weighted by Gasteiger charge is -2.35. The fourth-order valence-electron chi connectivity index (χ4n) is 3.32. The number of benzene rings is 1. The molecule has 7 nitrogen and oxygen atoms in total. The number of nitrogens with zero attached hydrogens (tertiary/aromatic N) is 3. The maximum Gasteiger partial charge on any atom is 0.216 e. The van der Waals surface area contributed by atoms with Gasteiger partial charge in [0.15, 0.2) is 5.96 Å². The molecule has 2 N–H and O–H groups in total. The van der Waals surface area contributed by atoms with Gasteiger partial charge in [0.25, 0.3) is 0 Å². The Balaban J connectivity index is 1.70. The van der Waals surface area contributed by atoms with Crippen LogP contribution in [0, 0.1) is 13.8 Å². The van der Waals surface area contributed by atoms with Crippen molar-refractivity contribution >= 4 is 17.6 Å². The average Bonchev–Trinajstić information content (AvgIpc) is 3.05. The molecule has 0 bridgehead atoms. The molecule has 1 fully saturated rings. The van der Waals surface area contributed by atoms with Crippen LogP contribution in [0.2, 0.25) is 5.02 Å². The van der Waals surface area contributed by atoms with Crippen LogP contribution in [0.25, 0.3) is 0 Å². The van der Waals surface area contributed by atoms with E-state index in [1.165, 1.54) is 5.56 Å². The average molecular weight is 420 g/mol. The lowest BCUT2D eigenvalue weighted by Crippen LogP contribution is -2.46. The second-order valence-electron chi connectivity index (χ2n) is 7.04. The molecule has 2 heterocycles. The predicted octanol–water partition coefficient (Wildman–Crippen LogP) is 3.07. The van der Waals surface area contributed by atoms with Crippen molar-refractivity contribution in [1.29, 1.82) is 0 Å². The molecule has 2 aromatic rings. The highest BCUT2D eigenvalue weighted by atomic mass is 35.5. The summed E-state index contributed by atoms with van der Waals surface area (Å²) in [6.07, 6.45) is 0. The summed E-state index contributed by atoms with van der Waals surface area (Å²) in [5, 5.41) is 7.52. The fourth-order valence-corrected chi connectivity index (χ4v) is 3.45. The maximum absolute atomic E-state index is 6.09. The van der Waals surface area contributed by atoms with E-state index in [9.17, 15) is 0 Å². The Kier molecular flexibility index (Phi) is 7.91. The number of aryl methyl sites for hydroxylation is 2. The Hall–Kier alpha value is -2.09. The van der Waals surface area contributed by atoms with Gasteiger partial charge in [0, 0.05) is 31.2 Å². The first-order valence-electron chi connectivity index (χ1n) is 10.1. The van der Waals surface area contributed by atoms with Crippen molar-refractivity contribution in [2.45, 2.75) is 33.4 Å². The number of ether oxygens (including phenoxy) is 1. The lowest BCUT2D eigenvalue weighted by molar-refractivity contribution is 0.0170. The van der Waals surface area contributed by atoms with E-state index in [1.54, 1.807) is 0 Å². The standard InChI is InChI=1S/C21H30ClN5O2/c1-4-23-21(25-14-20-26-15(2)16(3)29-20)24-13-19(27-9-11-28-12-10-27)17-5-7-18(22)8-6-17/h5-8,19H,4,9-14H2,1-3H3,(H2,23,24,25). The molecular weight excluding hydrogens is 390 g/mol. The molecule has 0 spiro atoms. The summed E-state index contributed by atoms with van der Waals surface area (Å²) >= 11 is 6.09. The lowest BCUT2D eigenvalue weighted by atomic mass is 10.0. The van der Waals surface area contributed by atoms with E-state index in [0.717, 1.165) is 61.8 Å². The van der Waals surface area contributed by atoms with Gasteiger partial charge in [-0.15, -0.1) is 0 Å². The van der Waals surface area contributed by atoms with E-state index in [-0.39, 0.29) is 6.04 Å². The zero-order valence-electron chi connectivity index (χ0n) is 17.4. The monoisotopic (exact) mass is 419 g/mol. The number of rotatable bonds is 7. The second kappa shape index (κ2) is 10.6. The third kappa shape index (κ3) is 6.19. The molecule has 1 aliphatic rings. The summed E-state index contributed by atoms with van der Waals surface area (Å²) in [4.78, 5) is 11.5. The van der Waals surface area contributed by atoms with Crippen molar-refractivity contribution in [2.24, 2.45) is 4.99 Å². The van der Waals surface area contributed by atoms with E-state index >= 15 is 0 Å². The number of aliphatic imine (C=N–C) groups is 1. The quantitative estimate of drug-likeness (QED) is 0.530. The molecule has 158 valence electrons. The molecule has 1 aliphatic heterocycles. The van der Waals surface area contributed by atoms with E-state index in [0.29, 0.717) is 12.4 Å². The van der Waals surface area contributed by atoms with Crippen LogP contribution in [0.4, 0.5) is 0 Å². The molecule has 0 saturated carbocycles. The Labute approximate surface area is 177 Å². The first kappa shape index (κ1) is 21.6. The molecule has 1 aromatic heterocycles.